The Morgan fingerprint density at radius 3 is 2.50 bits per heavy atom. The van der Waals surface area contributed by atoms with Crippen LogP contribution in [0.2, 0.25) is 0 Å². The van der Waals surface area contributed by atoms with E-state index in [1.54, 1.807) is 0 Å². The van der Waals surface area contributed by atoms with E-state index in [0.29, 0.717) is 11.9 Å². The third-order valence-electron chi connectivity index (χ3n) is 3.57. The molecule has 2 rings (SSSR count). The van der Waals surface area contributed by atoms with Crippen molar-refractivity contribution in [3.05, 3.63) is 23.3 Å². The van der Waals surface area contributed by atoms with Gasteiger partial charge in [0.1, 0.15) is 5.82 Å². The Bertz CT molecular complexity index is 605. The summed E-state index contributed by atoms with van der Waals surface area (Å²) in [5.41, 5.74) is 2.43. The normalized spacial score (nSPS) is 11.0. The molecule has 0 saturated heterocycles. The summed E-state index contributed by atoms with van der Waals surface area (Å²) in [6.07, 6.45) is 2.80. The predicted octanol–water partition coefficient (Wildman–Crippen LogP) is 1.76. The summed E-state index contributed by atoms with van der Waals surface area (Å²) >= 11 is 0. The fourth-order valence-corrected chi connectivity index (χ4v) is 2.02. The molecule has 0 atom stereocenters. The van der Waals surface area contributed by atoms with E-state index in [1.807, 2.05) is 36.9 Å². The summed E-state index contributed by atoms with van der Waals surface area (Å²) in [6.45, 7) is 7.00. The highest BCUT2D eigenvalue weighted by atomic mass is 15.3. The Morgan fingerprint density at radius 1 is 1.23 bits per heavy atom. The molecule has 7 heteroatoms. The van der Waals surface area contributed by atoms with Gasteiger partial charge in [-0.15, -0.1) is 0 Å². The molecule has 0 bridgehead atoms. The van der Waals surface area contributed by atoms with Gasteiger partial charge in [0.05, 0.1) is 6.20 Å². The topological polar surface area (TPSA) is 71.8 Å². The molecule has 1 N–H and O–H groups in total. The first kappa shape index (κ1) is 16.2. The van der Waals surface area contributed by atoms with Crippen LogP contribution in [0.5, 0.6) is 0 Å². The highest BCUT2D eigenvalue weighted by molar-refractivity contribution is 5.36. The van der Waals surface area contributed by atoms with Gasteiger partial charge < -0.3 is 10.2 Å². The number of aryl methyl sites for hydroxylation is 1. The Hall–Kier alpha value is -2.18. The SMILES string of the molecule is Cc1c(CCNc2nc(C(C)C)nc(N(C)C)n2)cnn1C. The lowest BCUT2D eigenvalue weighted by molar-refractivity contribution is 0.737. The highest BCUT2D eigenvalue weighted by Gasteiger charge is 2.11. The van der Waals surface area contributed by atoms with Crippen LogP contribution in [-0.4, -0.2) is 45.4 Å². The van der Waals surface area contributed by atoms with Gasteiger partial charge in [-0.1, -0.05) is 13.8 Å². The van der Waals surface area contributed by atoms with Gasteiger partial charge in [-0.05, 0) is 18.9 Å². The van der Waals surface area contributed by atoms with Gasteiger partial charge in [0.2, 0.25) is 11.9 Å². The van der Waals surface area contributed by atoms with E-state index >= 15 is 0 Å². The van der Waals surface area contributed by atoms with Gasteiger partial charge in [0.25, 0.3) is 0 Å². The zero-order valence-corrected chi connectivity index (χ0v) is 14.3. The first-order valence-electron chi connectivity index (χ1n) is 7.53. The van der Waals surface area contributed by atoms with Gasteiger partial charge in [0.15, 0.2) is 0 Å². The molecular weight excluding hydrogens is 278 g/mol. The van der Waals surface area contributed by atoms with Crippen LogP contribution < -0.4 is 10.2 Å². The van der Waals surface area contributed by atoms with E-state index in [9.17, 15) is 0 Å². The summed E-state index contributed by atoms with van der Waals surface area (Å²) in [5, 5.41) is 7.55. The van der Waals surface area contributed by atoms with Crippen LogP contribution in [0, 0.1) is 6.92 Å². The second-order valence-corrected chi connectivity index (χ2v) is 5.92. The molecule has 0 fully saturated rings. The minimum atomic E-state index is 0.266. The minimum absolute atomic E-state index is 0.266. The van der Waals surface area contributed by atoms with Crippen LogP contribution in [0.1, 0.15) is 36.8 Å². The number of anilines is 2. The maximum Gasteiger partial charge on any atom is 0.229 e. The molecular formula is C15H25N7. The number of rotatable bonds is 6. The average Bonchev–Trinajstić information content (AvgIpc) is 2.79. The maximum absolute atomic E-state index is 4.49. The standard InChI is InChI=1S/C15H25N7/c1-10(2)13-18-14(20-15(19-13)21(4)5)16-8-7-12-9-17-22(6)11(12)3/h9-10H,7-8H2,1-6H3,(H,16,18,19,20). The molecule has 0 aliphatic rings. The van der Waals surface area contributed by atoms with Crippen LogP contribution in [0.3, 0.4) is 0 Å². The molecule has 120 valence electrons. The third kappa shape index (κ3) is 3.72. The number of nitrogens with zero attached hydrogens (tertiary/aromatic N) is 6. The minimum Gasteiger partial charge on any atom is -0.354 e. The third-order valence-corrected chi connectivity index (χ3v) is 3.57. The summed E-state index contributed by atoms with van der Waals surface area (Å²) < 4.78 is 1.89. The van der Waals surface area contributed by atoms with Crippen molar-refractivity contribution in [3.8, 4) is 0 Å². The predicted molar refractivity (Wildman–Crippen MR) is 88.4 cm³/mol. The van der Waals surface area contributed by atoms with Crippen molar-refractivity contribution in [3.63, 3.8) is 0 Å². The van der Waals surface area contributed by atoms with Gasteiger partial charge in [-0.3, -0.25) is 4.68 Å². The average molecular weight is 303 g/mol. The molecule has 0 spiro atoms. The fourth-order valence-electron chi connectivity index (χ4n) is 2.02. The van der Waals surface area contributed by atoms with Crippen molar-refractivity contribution in [1.82, 2.24) is 24.7 Å². The summed E-state index contributed by atoms with van der Waals surface area (Å²) in [4.78, 5) is 15.3. The van der Waals surface area contributed by atoms with E-state index < -0.39 is 0 Å². The first-order chi connectivity index (χ1) is 10.4. The molecule has 0 radical (unpaired) electrons. The Kier molecular flexibility index (Phi) is 4.95. The van der Waals surface area contributed by atoms with Crippen molar-refractivity contribution < 1.29 is 0 Å². The molecule has 0 aliphatic heterocycles. The highest BCUT2D eigenvalue weighted by Crippen LogP contribution is 2.15. The van der Waals surface area contributed by atoms with Crippen LogP contribution in [-0.2, 0) is 13.5 Å². The molecule has 0 unspecified atom stereocenters. The lowest BCUT2D eigenvalue weighted by atomic mass is 10.2. The largest absolute Gasteiger partial charge is 0.354 e. The summed E-state index contributed by atoms with van der Waals surface area (Å²) in [6, 6.07) is 0. The molecule has 0 amide bonds. The molecule has 2 aromatic rings. The van der Waals surface area contributed by atoms with Gasteiger partial charge in [-0.2, -0.15) is 20.1 Å². The van der Waals surface area contributed by atoms with E-state index in [0.717, 1.165) is 18.8 Å². The van der Waals surface area contributed by atoms with Crippen LogP contribution in [0.15, 0.2) is 6.20 Å². The molecule has 22 heavy (non-hydrogen) atoms. The molecule has 2 aromatic heterocycles. The van der Waals surface area contributed by atoms with E-state index in [2.05, 4.69) is 46.1 Å². The van der Waals surface area contributed by atoms with Crippen LogP contribution >= 0.6 is 0 Å². The second kappa shape index (κ2) is 6.72. The first-order valence-corrected chi connectivity index (χ1v) is 7.53. The molecule has 0 aliphatic carbocycles. The Morgan fingerprint density at radius 2 is 1.95 bits per heavy atom. The number of hydrogen-bond acceptors (Lipinski definition) is 6. The monoisotopic (exact) mass is 303 g/mol. The maximum atomic E-state index is 4.49. The van der Waals surface area contributed by atoms with Gasteiger partial charge in [0, 0.05) is 39.3 Å². The van der Waals surface area contributed by atoms with Crippen molar-refractivity contribution in [2.75, 3.05) is 30.9 Å². The number of hydrogen-bond donors (Lipinski definition) is 1. The molecule has 7 nitrogen and oxygen atoms in total. The molecule has 0 aromatic carbocycles. The van der Waals surface area contributed by atoms with Crippen molar-refractivity contribution >= 4 is 11.9 Å². The van der Waals surface area contributed by atoms with Crippen molar-refractivity contribution in [2.45, 2.75) is 33.1 Å². The Balaban J connectivity index is 2.07. The zero-order chi connectivity index (χ0) is 16.3. The van der Waals surface area contributed by atoms with Crippen LogP contribution in [0.25, 0.3) is 0 Å². The molecule has 2 heterocycles. The quantitative estimate of drug-likeness (QED) is 0.876. The number of aromatic nitrogens is 5. The fraction of sp³-hybridized carbons (Fsp3) is 0.600. The van der Waals surface area contributed by atoms with Gasteiger partial charge >= 0.3 is 0 Å². The molecule has 0 saturated carbocycles. The lowest BCUT2D eigenvalue weighted by Crippen LogP contribution is -2.18. The Labute approximate surface area is 131 Å². The van der Waals surface area contributed by atoms with Gasteiger partial charge in [-0.25, -0.2) is 0 Å². The lowest BCUT2D eigenvalue weighted by Gasteiger charge is -2.14. The smallest absolute Gasteiger partial charge is 0.229 e. The van der Waals surface area contributed by atoms with Crippen molar-refractivity contribution in [2.24, 2.45) is 7.05 Å². The van der Waals surface area contributed by atoms with E-state index in [4.69, 9.17) is 0 Å². The van der Waals surface area contributed by atoms with E-state index in [-0.39, 0.29) is 5.92 Å². The zero-order valence-electron chi connectivity index (χ0n) is 14.3. The van der Waals surface area contributed by atoms with Crippen molar-refractivity contribution in [1.29, 1.82) is 0 Å². The number of nitrogens with one attached hydrogen (secondary N) is 1. The van der Waals surface area contributed by atoms with E-state index in [1.165, 1.54) is 11.3 Å². The second-order valence-electron chi connectivity index (χ2n) is 5.92. The van der Waals surface area contributed by atoms with Crippen LogP contribution in [0.4, 0.5) is 11.9 Å². The summed E-state index contributed by atoms with van der Waals surface area (Å²) in [5.74, 6) is 2.38. The summed E-state index contributed by atoms with van der Waals surface area (Å²) in [7, 11) is 5.82.